The molecule has 1 aromatic heterocycles. The van der Waals surface area contributed by atoms with Crippen LogP contribution in [0.2, 0.25) is 0 Å². The number of rotatable bonds is 6. The van der Waals surface area contributed by atoms with Gasteiger partial charge in [0.15, 0.2) is 0 Å². The first-order chi connectivity index (χ1) is 9.38. The summed E-state index contributed by atoms with van der Waals surface area (Å²) in [5, 5.41) is 10.6. The third-order valence-corrected chi connectivity index (χ3v) is 5.34. The van der Waals surface area contributed by atoms with Crippen LogP contribution in [0.15, 0.2) is 11.4 Å². The van der Waals surface area contributed by atoms with Crippen LogP contribution < -0.4 is 4.72 Å². The molecule has 112 valence electrons. The Labute approximate surface area is 124 Å². The van der Waals surface area contributed by atoms with Crippen LogP contribution in [0.3, 0.4) is 0 Å². The maximum atomic E-state index is 12.0. The first-order valence-corrected chi connectivity index (χ1v) is 8.59. The van der Waals surface area contributed by atoms with E-state index in [4.69, 9.17) is 5.11 Å². The highest BCUT2D eigenvalue weighted by Crippen LogP contribution is 2.16. The molecule has 1 rings (SSSR count). The highest BCUT2D eigenvalue weighted by Gasteiger charge is 2.20. The molecule has 0 spiro atoms. The van der Waals surface area contributed by atoms with E-state index in [1.807, 2.05) is 25.3 Å². The van der Waals surface area contributed by atoms with Crippen molar-refractivity contribution in [3.05, 3.63) is 21.9 Å². The molecule has 0 atom stereocenters. The third kappa shape index (κ3) is 4.89. The number of hydrogen-bond donors (Lipinski definition) is 2. The summed E-state index contributed by atoms with van der Waals surface area (Å²) < 4.78 is 27.8. The van der Waals surface area contributed by atoms with E-state index in [2.05, 4.69) is 16.6 Å². The molecular weight excluding hydrogens is 296 g/mol. The normalized spacial score (nSPS) is 11.7. The highest BCUT2D eigenvalue weighted by atomic mass is 32.2. The average molecular weight is 316 g/mol. The number of thiophene rings is 1. The molecule has 0 aromatic carbocycles. The number of hydrogen-bond acceptors (Lipinski definition) is 4. The fourth-order valence-electron chi connectivity index (χ4n) is 1.34. The Balaban J connectivity index is 2.72. The Bertz CT molecular complexity index is 582. The summed E-state index contributed by atoms with van der Waals surface area (Å²) in [4.78, 5) is 0.871. The van der Waals surface area contributed by atoms with Crippen molar-refractivity contribution in [3.63, 3.8) is 0 Å². The molecule has 0 aliphatic heterocycles. The number of nitrogens with zero attached hydrogens (tertiary/aromatic N) is 1. The van der Waals surface area contributed by atoms with Gasteiger partial charge in [0.1, 0.15) is 0 Å². The molecule has 0 fully saturated rings. The minimum atomic E-state index is -3.48. The summed E-state index contributed by atoms with van der Waals surface area (Å²) in [6.45, 7) is 3.88. The van der Waals surface area contributed by atoms with Crippen LogP contribution in [0.25, 0.3) is 0 Å². The lowest BCUT2D eigenvalue weighted by Crippen LogP contribution is -2.41. The number of aliphatic hydroxyl groups excluding tert-OH is 1. The zero-order valence-electron chi connectivity index (χ0n) is 11.9. The Morgan fingerprint density at radius 2 is 2.20 bits per heavy atom. The number of nitrogens with one attached hydrogen (secondary N) is 1. The van der Waals surface area contributed by atoms with Crippen molar-refractivity contribution >= 4 is 21.5 Å². The van der Waals surface area contributed by atoms with E-state index in [0.29, 0.717) is 6.42 Å². The Kier molecular flexibility index (Phi) is 6.65. The second kappa shape index (κ2) is 7.76. The summed E-state index contributed by atoms with van der Waals surface area (Å²) in [6.07, 6.45) is 0.414. The van der Waals surface area contributed by atoms with Gasteiger partial charge >= 0.3 is 0 Å². The lowest BCUT2D eigenvalue weighted by Gasteiger charge is -2.21. The molecule has 0 unspecified atom stereocenters. The van der Waals surface area contributed by atoms with Gasteiger partial charge in [-0.3, -0.25) is 0 Å². The van der Waals surface area contributed by atoms with Crippen molar-refractivity contribution in [1.29, 1.82) is 0 Å². The fraction of sp³-hybridized carbons (Fsp3) is 0.538. The lowest BCUT2D eigenvalue weighted by atomic mass is 10.2. The molecule has 1 heterocycles. The highest BCUT2D eigenvalue weighted by molar-refractivity contribution is 7.87. The molecular formula is C13H20N2O3S2. The molecule has 5 nitrogen and oxygen atoms in total. The van der Waals surface area contributed by atoms with Gasteiger partial charge in [0.05, 0.1) is 6.61 Å². The molecule has 7 heteroatoms. The van der Waals surface area contributed by atoms with Gasteiger partial charge in [-0.1, -0.05) is 11.8 Å². The molecule has 0 saturated heterocycles. The van der Waals surface area contributed by atoms with Crippen molar-refractivity contribution in [2.24, 2.45) is 0 Å². The smallest absolute Gasteiger partial charge is 0.279 e. The summed E-state index contributed by atoms with van der Waals surface area (Å²) in [5.74, 6) is 5.77. The minimum absolute atomic E-state index is 0.0261. The van der Waals surface area contributed by atoms with Gasteiger partial charge in [-0.15, -0.1) is 11.3 Å². The summed E-state index contributed by atoms with van der Waals surface area (Å²) in [5.41, 5.74) is 0.804. The average Bonchev–Trinajstić information content (AvgIpc) is 2.83. The van der Waals surface area contributed by atoms with Crippen LogP contribution in [-0.2, 0) is 16.8 Å². The minimum Gasteiger partial charge on any atom is -0.395 e. The molecule has 0 saturated carbocycles. The topological polar surface area (TPSA) is 69.6 Å². The van der Waals surface area contributed by atoms with E-state index >= 15 is 0 Å². The zero-order valence-corrected chi connectivity index (χ0v) is 13.5. The molecule has 2 N–H and O–H groups in total. The Hall–Kier alpha value is -0.910. The fourth-order valence-corrected chi connectivity index (χ4v) is 3.29. The quantitative estimate of drug-likeness (QED) is 0.774. The first kappa shape index (κ1) is 17.1. The Morgan fingerprint density at radius 3 is 2.80 bits per heavy atom. The molecule has 0 aliphatic carbocycles. The van der Waals surface area contributed by atoms with Gasteiger partial charge < -0.3 is 5.11 Å². The molecule has 20 heavy (non-hydrogen) atoms. The van der Waals surface area contributed by atoms with E-state index in [9.17, 15) is 8.42 Å². The van der Waals surface area contributed by atoms with Crippen molar-refractivity contribution in [2.75, 3.05) is 13.7 Å². The lowest BCUT2D eigenvalue weighted by molar-refractivity contribution is 0.305. The van der Waals surface area contributed by atoms with Gasteiger partial charge in [0, 0.05) is 36.5 Å². The van der Waals surface area contributed by atoms with Crippen LogP contribution in [0.1, 0.15) is 30.7 Å². The second-order valence-corrected chi connectivity index (χ2v) is 7.28. The van der Waals surface area contributed by atoms with E-state index in [0.717, 1.165) is 10.4 Å². The molecule has 0 aliphatic rings. The summed E-state index contributed by atoms with van der Waals surface area (Å²) in [7, 11) is -1.93. The predicted molar refractivity (Wildman–Crippen MR) is 81.6 cm³/mol. The van der Waals surface area contributed by atoms with Crippen molar-refractivity contribution < 1.29 is 13.5 Å². The molecule has 0 radical (unpaired) electrons. The van der Waals surface area contributed by atoms with Crippen LogP contribution in [0.5, 0.6) is 0 Å². The van der Waals surface area contributed by atoms with Crippen LogP contribution in [0.4, 0.5) is 0 Å². The molecule has 0 bridgehead atoms. The van der Waals surface area contributed by atoms with Crippen LogP contribution in [-0.4, -0.2) is 37.5 Å². The van der Waals surface area contributed by atoms with E-state index in [-0.39, 0.29) is 19.2 Å². The van der Waals surface area contributed by atoms with Gasteiger partial charge in [0.25, 0.3) is 10.2 Å². The summed E-state index contributed by atoms with van der Waals surface area (Å²) >= 11 is 1.46. The standard InChI is InChI=1S/C13H20N2O3S2/c1-11(2)15(3)20(17,18)14-10-13-12(7-9-19-13)6-4-5-8-16/h7,9,11,14,16H,5,8,10H2,1-3H3. The summed E-state index contributed by atoms with van der Waals surface area (Å²) in [6, 6.07) is 1.75. The van der Waals surface area contributed by atoms with Crippen molar-refractivity contribution in [2.45, 2.75) is 32.9 Å². The largest absolute Gasteiger partial charge is 0.395 e. The van der Waals surface area contributed by atoms with Gasteiger partial charge in [-0.25, -0.2) is 0 Å². The maximum absolute atomic E-state index is 12.0. The monoisotopic (exact) mass is 316 g/mol. The van der Waals surface area contributed by atoms with Gasteiger partial charge in [-0.2, -0.15) is 17.4 Å². The van der Waals surface area contributed by atoms with Crippen LogP contribution in [0, 0.1) is 11.8 Å². The zero-order chi connectivity index (χ0) is 15.2. The van der Waals surface area contributed by atoms with Gasteiger partial charge in [-0.05, 0) is 25.3 Å². The maximum Gasteiger partial charge on any atom is 0.279 e. The number of aliphatic hydroxyl groups is 1. The molecule has 0 amide bonds. The Morgan fingerprint density at radius 1 is 1.50 bits per heavy atom. The van der Waals surface area contributed by atoms with E-state index in [1.54, 1.807) is 7.05 Å². The second-order valence-electron chi connectivity index (χ2n) is 4.47. The van der Waals surface area contributed by atoms with Crippen LogP contribution >= 0.6 is 11.3 Å². The third-order valence-electron chi connectivity index (χ3n) is 2.73. The van der Waals surface area contributed by atoms with Gasteiger partial charge in [0.2, 0.25) is 0 Å². The van der Waals surface area contributed by atoms with Crippen molar-refractivity contribution in [3.8, 4) is 11.8 Å². The van der Waals surface area contributed by atoms with E-state index in [1.165, 1.54) is 15.6 Å². The SMILES string of the molecule is CC(C)N(C)S(=O)(=O)NCc1sccc1C#CCCO. The van der Waals surface area contributed by atoms with E-state index < -0.39 is 10.2 Å². The van der Waals surface area contributed by atoms with Crippen molar-refractivity contribution in [1.82, 2.24) is 9.03 Å². The predicted octanol–water partition coefficient (Wildman–Crippen LogP) is 1.16. The molecule has 1 aromatic rings. The first-order valence-electron chi connectivity index (χ1n) is 6.27.